The molecule has 0 bridgehead atoms. The van der Waals surface area contributed by atoms with Crippen molar-refractivity contribution in [2.24, 2.45) is 0 Å². The highest BCUT2D eigenvalue weighted by atomic mass is 16.8. The van der Waals surface area contributed by atoms with Crippen molar-refractivity contribution in [3.63, 3.8) is 0 Å². The zero-order chi connectivity index (χ0) is 13.1. The van der Waals surface area contributed by atoms with Crippen molar-refractivity contribution in [1.29, 1.82) is 0 Å². The molecule has 104 valence electrons. The molecule has 3 saturated heterocycles. The highest BCUT2D eigenvalue weighted by molar-refractivity contribution is 4.97. The molecule has 3 aliphatic heterocycles. The van der Waals surface area contributed by atoms with Gasteiger partial charge in [0.05, 0.1) is 6.61 Å². The molecule has 0 unspecified atom stereocenters. The van der Waals surface area contributed by atoms with Crippen LogP contribution in [0.2, 0.25) is 0 Å². The van der Waals surface area contributed by atoms with Crippen molar-refractivity contribution in [3.05, 3.63) is 0 Å². The second-order valence-corrected chi connectivity index (χ2v) is 5.93. The van der Waals surface area contributed by atoms with Crippen LogP contribution in [0, 0.1) is 0 Å². The summed E-state index contributed by atoms with van der Waals surface area (Å²) in [6, 6.07) is 0. The number of hydrogen-bond acceptors (Lipinski definition) is 6. The molecule has 0 aromatic carbocycles. The van der Waals surface area contributed by atoms with Crippen molar-refractivity contribution < 1.29 is 28.8 Å². The number of rotatable bonds is 0. The van der Waals surface area contributed by atoms with Gasteiger partial charge in [0.25, 0.3) is 0 Å². The third kappa shape index (κ3) is 2.07. The molecule has 0 spiro atoms. The molecule has 18 heavy (non-hydrogen) atoms. The van der Waals surface area contributed by atoms with Crippen LogP contribution in [0.15, 0.2) is 0 Å². The SMILES string of the molecule is CC1(C)O[C@H]2[C@@H](O1)[C@@H](O)CO[C@@H]1OC(C)(C)O[C@@H]12. The maximum absolute atomic E-state index is 10.0. The number of ether oxygens (including phenoxy) is 5. The van der Waals surface area contributed by atoms with Crippen LogP contribution < -0.4 is 0 Å². The van der Waals surface area contributed by atoms with E-state index < -0.39 is 30.1 Å². The average molecular weight is 260 g/mol. The van der Waals surface area contributed by atoms with Crippen LogP contribution in [0.4, 0.5) is 0 Å². The van der Waals surface area contributed by atoms with Crippen molar-refractivity contribution >= 4 is 0 Å². The average Bonchev–Trinajstić information content (AvgIpc) is 2.68. The maximum atomic E-state index is 10.0. The second-order valence-electron chi connectivity index (χ2n) is 5.93. The topological polar surface area (TPSA) is 66.4 Å². The number of fused-ring (bicyclic) bond motifs is 3. The summed E-state index contributed by atoms with van der Waals surface area (Å²) in [4.78, 5) is 0. The van der Waals surface area contributed by atoms with E-state index >= 15 is 0 Å². The van der Waals surface area contributed by atoms with Crippen LogP contribution in [0.3, 0.4) is 0 Å². The lowest BCUT2D eigenvalue weighted by Crippen LogP contribution is -2.43. The summed E-state index contributed by atoms with van der Waals surface area (Å²) < 4.78 is 28.6. The summed E-state index contributed by atoms with van der Waals surface area (Å²) in [7, 11) is 0. The molecule has 5 atom stereocenters. The lowest BCUT2D eigenvalue weighted by molar-refractivity contribution is -0.204. The zero-order valence-corrected chi connectivity index (χ0v) is 11.1. The predicted octanol–water partition coefficient (Wildman–Crippen LogP) is 0.375. The Morgan fingerprint density at radius 3 is 2.11 bits per heavy atom. The van der Waals surface area contributed by atoms with E-state index in [1.165, 1.54) is 0 Å². The summed E-state index contributed by atoms with van der Waals surface area (Å²) in [5.41, 5.74) is 0. The molecule has 3 rings (SSSR count). The fraction of sp³-hybridized carbons (Fsp3) is 1.00. The Morgan fingerprint density at radius 2 is 1.39 bits per heavy atom. The smallest absolute Gasteiger partial charge is 0.189 e. The van der Waals surface area contributed by atoms with Gasteiger partial charge in [0.15, 0.2) is 17.9 Å². The predicted molar refractivity (Wildman–Crippen MR) is 59.6 cm³/mol. The summed E-state index contributed by atoms with van der Waals surface area (Å²) in [5.74, 6) is -1.44. The molecule has 0 radical (unpaired) electrons. The highest BCUT2D eigenvalue weighted by Crippen LogP contribution is 2.41. The quantitative estimate of drug-likeness (QED) is 0.679. The van der Waals surface area contributed by atoms with Crippen LogP contribution in [0.5, 0.6) is 0 Å². The van der Waals surface area contributed by atoms with Gasteiger partial charge in [0, 0.05) is 0 Å². The monoisotopic (exact) mass is 260 g/mol. The summed E-state index contributed by atoms with van der Waals surface area (Å²) in [6.45, 7) is 7.46. The van der Waals surface area contributed by atoms with Gasteiger partial charge in [-0.15, -0.1) is 0 Å². The lowest BCUT2D eigenvalue weighted by Gasteiger charge is -2.23. The molecule has 1 N–H and O–H groups in total. The van der Waals surface area contributed by atoms with Gasteiger partial charge in [0.1, 0.15) is 24.4 Å². The minimum atomic E-state index is -0.738. The second kappa shape index (κ2) is 3.88. The van der Waals surface area contributed by atoms with E-state index in [-0.39, 0.29) is 18.8 Å². The van der Waals surface area contributed by atoms with Gasteiger partial charge < -0.3 is 28.8 Å². The van der Waals surface area contributed by atoms with Gasteiger partial charge in [-0.05, 0) is 27.7 Å². The van der Waals surface area contributed by atoms with E-state index in [2.05, 4.69) is 0 Å². The van der Waals surface area contributed by atoms with Crippen LogP contribution in [-0.2, 0) is 23.7 Å². The van der Waals surface area contributed by atoms with Gasteiger partial charge in [-0.25, -0.2) is 0 Å². The van der Waals surface area contributed by atoms with Gasteiger partial charge >= 0.3 is 0 Å². The molecule has 0 amide bonds. The molecule has 6 heteroatoms. The first-order chi connectivity index (χ1) is 8.27. The van der Waals surface area contributed by atoms with Gasteiger partial charge in [0.2, 0.25) is 0 Å². The Bertz CT molecular complexity index is 341. The fourth-order valence-corrected chi connectivity index (χ4v) is 2.77. The Balaban J connectivity index is 1.87. The molecule has 0 aromatic rings. The van der Waals surface area contributed by atoms with E-state index in [1.54, 1.807) is 0 Å². The van der Waals surface area contributed by atoms with E-state index in [1.807, 2.05) is 27.7 Å². The van der Waals surface area contributed by atoms with Crippen molar-refractivity contribution in [3.8, 4) is 0 Å². The van der Waals surface area contributed by atoms with Crippen LogP contribution in [0.1, 0.15) is 27.7 Å². The van der Waals surface area contributed by atoms with E-state index in [0.29, 0.717) is 0 Å². The van der Waals surface area contributed by atoms with E-state index in [0.717, 1.165) is 0 Å². The Labute approximate surface area is 106 Å². The van der Waals surface area contributed by atoms with Crippen molar-refractivity contribution in [2.45, 2.75) is 70.0 Å². The normalized spacial score (nSPS) is 49.5. The van der Waals surface area contributed by atoms with Gasteiger partial charge in [-0.2, -0.15) is 0 Å². The first kappa shape index (κ1) is 12.8. The zero-order valence-electron chi connectivity index (χ0n) is 11.1. The lowest BCUT2D eigenvalue weighted by atomic mass is 10.0. The van der Waals surface area contributed by atoms with Gasteiger partial charge in [-0.1, -0.05) is 0 Å². The Morgan fingerprint density at radius 1 is 0.833 bits per heavy atom. The van der Waals surface area contributed by atoms with Crippen LogP contribution in [-0.4, -0.2) is 54.0 Å². The first-order valence-corrected chi connectivity index (χ1v) is 6.28. The van der Waals surface area contributed by atoms with Crippen LogP contribution >= 0.6 is 0 Å². The summed E-state index contributed by atoms with van der Waals surface area (Å²) in [5, 5.41) is 10.0. The van der Waals surface area contributed by atoms with E-state index in [4.69, 9.17) is 23.7 Å². The minimum absolute atomic E-state index is 0.154. The van der Waals surface area contributed by atoms with Crippen molar-refractivity contribution in [1.82, 2.24) is 0 Å². The van der Waals surface area contributed by atoms with Crippen LogP contribution in [0.25, 0.3) is 0 Å². The number of aliphatic hydroxyl groups is 1. The van der Waals surface area contributed by atoms with Gasteiger partial charge in [-0.3, -0.25) is 0 Å². The molecular weight excluding hydrogens is 240 g/mol. The Hall–Kier alpha value is -0.240. The standard InChI is InChI=1S/C12H20O6/c1-11(2)15-7-6(13)5-14-10-9(8(7)16-11)17-12(3,4)18-10/h6-10,13H,5H2,1-4H3/t6-,7-,8-,9+,10+/m0/s1. The largest absolute Gasteiger partial charge is 0.388 e. The first-order valence-electron chi connectivity index (χ1n) is 6.28. The highest BCUT2D eigenvalue weighted by Gasteiger charge is 2.57. The molecule has 0 aromatic heterocycles. The minimum Gasteiger partial charge on any atom is -0.388 e. The molecule has 0 saturated carbocycles. The fourth-order valence-electron chi connectivity index (χ4n) is 2.77. The molecule has 3 fully saturated rings. The third-order valence-corrected chi connectivity index (χ3v) is 3.39. The van der Waals surface area contributed by atoms with E-state index in [9.17, 15) is 5.11 Å². The molecular formula is C12H20O6. The third-order valence-electron chi connectivity index (χ3n) is 3.39. The molecule has 3 heterocycles. The summed E-state index contributed by atoms with van der Waals surface area (Å²) in [6.07, 6.45) is -2.49. The Kier molecular flexibility index (Phi) is 2.75. The molecule has 0 aliphatic carbocycles. The molecule has 6 nitrogen and oxygen atoms in total. The summed E-state index contributed by atoms with van der Waals surface area (Å²) >= 11 is 0. The van der Waals surface area contributed by atoms with Crippen molar-refractivity contribution in [2.75, 3.05) is 6.61 Å². The number of aliphatic hydroxyl groups excluding tert-OH is 1. The maximum Gasteiger partial charge on any atom is 0.189 e. The number of hydrogen-bond donors (Lipinski definition) is 1. The molecule has 3 aliphatic rings.